The van der Waals surface area contributed by atoms with Crippen molar-refractivity contribution in [1.29, 1.82) is 0 Å². The second-order valence-corrected chi connectivity index (χ2v) is 7.48. The van der Waals surface area contributed by atoms with Crippen LogP contribution in [0.3, 0.4) is 0 Å². The zero-order valence-corrected chi connectivity index (χ0v) is 13.9. The Bertz CT molecular complexity index is 438. The number of hydrogen-bond donors (Lipinski definition) is 0. The van der Waals surface area contributed by atoms with E-state index in [0.717, 1.165) is 3.94 Å². The SMILES string of the molecule is CCOCCS(=O)(=O)CC(C)(C)N(Cl)Cl.O=S(=O)=O. The van der Waals surface area contributed by atoms with E-state index >= 15 is 0 Å². The second kappa shape index (κ2) is 9.89. The highest BCUT2D eigenvalue weighted by Gasteiger charge is 2.30. The van der Waals surface area contributed by atoms with Gasteiger partial charge in [0, 0.05) is 6.61 Å². The van der Waals surface area contributed by atoms with Crippen LogP contribution in [0.15, 0.2) is 0 Å². The van der Waals surface area contributed by atoms with Crippen LogP contribution >= 0.6 is 23.6 Å². The quantitative estimate of drug-likeness (QED) is 0.491. The lowest BCUT2D eigenvalue weighted by molar-refractivity contribution is 0.163. The molecule has 7 nitrogen and oxygen atoms in total. The van der Waals surface area contributed by atoms with E-state index in [4.69, 9.17) is 40.9 Å². The van der Waals surface area contributed by atoms with Crippen LogP contribution < -0.4 is 0 Å². The molecule has 0 unspecified atom stereocenters. The number of sulfone groups is 1. The van der Waals surface area contributed by atoms with Gasteiger partial charge in [0.25, 0.3) is 0 Å². The molecule has 0 radical (unpaired) electrons. The number of halogens is 2. The minimum absolute atomic E-state index is 0.00805. The monoisotopic (exact) mass is 357 g/mol. The van der Waals surface area contributed by atoms with Crippen molar-refractivity contribution in [1.82, 2.24) is 3.94 Å². The number of nitrogens with zero attached hydrogens (tertiary/aromatic N) is 1. The van der Waals surface area contributed by atoms with E-state index in [2.05, 4.69) is 0 Å². The van der Waals surface area contributed by atoms with Crippen molar-refractivity contribution < 1.29 is 25.8 Å². The number of ether oxygens (including phenoxy) is 1. The first-order valence-corrected chi connectivity index (χ1v) is 8.61. The topological polar surface area (TPSA) is 97.8 Å². The maximum atomic E-state index is 11.6. The maximum Gasteiger partial charge on any atom is 0.425 e. The van der Waals surface area contributed by atoms with E-state index < -0.39 is 26.0 Å². The molecular formula is C8H17Cl2NO6S2. The third kappa shape index (κ3) is 14.3. The molecule has 0 aliphatic rings. The molecule has 0 saturated carbocycles. The van der Waals surface area contributed by atoms with Gasteiger partial charge in [-0.1, -0.05) is 0 Å². The molecule has 0 aromatic carbocycles. The highest BCUT2D eigenvalue weighted by molar-refractivity contribution is 7.91. The molecule has 0 rings (SSSR count). The fraction of sp³-hybridized carbons (Fsp3) is 1.00. The number of rotatable bonds is 7. The van der Waals surface area contributed by atoms with Gasteiger partial charge in [0.05, 0.1) is 23.7 Å². The molecule has 0 aromatic heterocycles. The van der Waals surface area contributed by atoms with Gasteiger partial charge in [-0.05, 0) is 44.3 Å². The Morgan fingerprint density at radius 2 is 1.63 bits per heavy atom. The lowest BCUT2D eigenvalue weighted by Gasteiger charge is -2.26. The maximum absolute atomic E-state index is 11.6. The number of hydrogen-bond acceptors (Lipinski definition) is 7. The van der Waals surface area contributed by atoms with Gasteiger partial charge < -0.3 is 4.74 Å². The van der Waals surface area contributed by atoms with Crippen molar-refractivity contribution in [3.63, 3.8) is 0 Å². The van der Waals surface area contributed by atoms with E-state index in [1.54, 1.807) is 13.8 Å². The van der Waals surface area contributed by atoms with Crippen molar-refractivity contribution in [2.45, 2.75) is 26.3 Å². The summed E-state index contributed by atoms with van der Waals surface area (Å²) in [5.41, 5.74) is -0.797. The van der Waals surface area contributed by atoms with Crippen molar-refractivity contribution in [3.8, 4) is 0 Å². The van der Waals surface area contributed by atoms with E-state index in [1.807, 2.05) is 6.92 Å². The van der Waals surface area contributed by atoms with Crippen LogP contribution in [-0.2, 0) is 25.2 Å². The summed E-state index contributed by atoms with van der Waals surface area (Å²) in [6.07, 6.45) is 0. The third-order valence-electron chi connectivity index (χ3n) is 1.77. The summed E-state index contributed by atoms with van der Waals surface area (Å²) in [5.74, 6) is -0.105. The van der Waals surface area contributed by atoms with E-state index in [9.17, 15) is 8.42 Å². The largest absolute Gasteiger partial charge is 0.425 e. The molecule has 0 saturated heterocycles. The molecule has 0 fully saturated rings. The summed E-state index contributed by atoms with van der Waals surface area (Å²) in [4.78, 5) is 0. The van der Waals surface area contributed by atoms with E-state index in [0.29, 0.717) is 6.61 Å². The summed E-state index contributed by atoms with van der Waals surface area (Å²) < 4.78 is 54.4. The standard InChI is InChI=1S/C8H17Cl2NO3S.O3S/c1-4-14-5-6-15(12,13)7-8(2,3)11(9)10;1-4(2)3/h4-7H2,1-3H3;. The van der Waals surface area contributed by atoms with Gasteiger partial charge in [-0.2, -0.15) is 0 Å². The van der Waals surface area contributed by atoms with Crippen molar-refractivity contribution in [2.75, 3.05) is 24.7 Å². The Labute approximate surface area is 125 Å². The zero-order valence-electron chi connectivity index (χ0n) is 10.8. The third-order valence-corrected chi connectivity index (χ3v) is 4.62. The zero-order chi connectivity index (χ0) is 15.7. The highest BCUT2D eigenvalue weighted by atomic mass is 35.5. The molecule has 0 amide bonds. The van der Waals surface area contributed by atoms with Crippen LogP contribution in [0.25, 0.3) is 0 Å². The van der Waals surface area contributed by atoms with Crippen LogP contribution in [0.4, 0.5) is 0 Å². The minimum Gasteiger partial charge on any atom is -0.381 e. The fourth-order valence-corrected chi connectivity index (χ4v) is 2.97. The summed E-state index contributed by atoms with van der Waals surface area (Å²) >= 11 is 11.1. The van der Waals surface area contributed by atoms with Crippen LogP contribution in [-0.4, -0.2) is 55.2 Å². The Balaban J connectivity index is 0. The first-order valence-electron chi connectivity index (χ1n) is 5.11. The first kappa shape index (κ1) is 21.4. The molecule has 0 bridgehead atoms. The summed E-state index contributed by atoms with van der Waals surface area (Å²) in [7, 11) is -6.30. The Morgan fingerprint density at radius 1 is 1.21 bits per heavy atom. The molecule has 0 aliphatic heterocycles. The molecule has 0 N–H and O–H groups in total. The Morgan fingerprint density at radius 3 is 1.95 bits per heavy atom. The van der Waals surface area contributed by atoms with Gasteiger partial charge in [-0.15, -0.1) is 16.6 Å². The van der Waals surface area contributed by atoms with Gasteiger partial charge in [0.2, 0.25) is 0 Å². The molecule has 11 heteroatoms. The van der Waals surface area contributed by atoms with Crippen LogP contribution in [0.5, 0.6) is 0 Å². The molecular weight excluding hydrogens is 341 g/mol. The van der Waals surface area contributed by atoms with Gasteiger partial charge in [-0.3, -0.25) is 0 Å². The predicted molar refractivity (Wildman–Crippen MR) is 72.5 cm³/mol. The lowest BCUT2D eigenvalue weighted by Crippen LogP contribution is -2.40. The minimum atomic E-state index is -3.19. The molecule has 19 heavy (non-hydrogen) atoms. The molecule has 116 valence electrons. The smallest absolute Gasteiger partial charge is 0.381 e. The Kier molecular flexibility index (Phi) is 11.1. The average molecular weight is 358 g/mol. The predicted octanol–water partition coefficient (Wildman–Crippen LogP) is 0.822. The molecule has 0 spiro atoms. The average Bonchev–Trinajstić information content (AvgIpc) is 2.14. The second-order valence-electron chi connectivity index (χ2n) is 4.04. The molecule has 0 heterocycles. The molecule has 0 aliphatic carbocycles. The van der Waals surface area contributed by atoms with Crippen LogP contribution in [0.2, 0.25) is 0 Å². The van der Waals surface area contributed by atoms with E-state index in [1.165, 1.54) is 0 Å². The fourth-order valence-electron chi connectivity index (χ4n) is 0.989. The van der Waals surface area contributed by atoms with Gasteiger partial charge in [0.15, 0.2) is 9.84 Å². The van der Waals surface area contributed by atoms with Crippen LogP contribution in [0, 0.1) is 0 Å². The van der Waals surface area contributed by atoms with Crippen molar-refractivity contribution in [3.05, 3.63) is 0 Å². The Hall–Kier alpha value is 0.0700. The van der Waals surface area contributed by atoms with Crippen molar-refractivity contribution >= 4 is 44.0 Å². The van der Waals surface area contributed by atoms with E-state index in [-0.39, 0.29) is 18.1 Å². The molecule has 0 aromatic rings. The van der Waals surface area contributed by atoms with Gasteiger partial charge in [0.1, 0.15) is 0 Å². The lowest BCUT2D eigenvalue weighted by atomic mass is 10.1. The van der Waals surface area contributed by atoms with Gasteiger partial charge >= 0.3 is 10.6 Å². The summed E-state index contributed by atoms with van der Waals surface area (Å²) in [5, 5.41) is 0. The van der Waals surface area contributed by atoms with Crippen molar-refractivity contribution in [2.24, 2.45) is 0 Å². The first-order chi connectivity index (χ1) is 8.44. The van der Waals surface area contributed by atoms with Crippen LogP contribution in [0.1, 0.15) is 20.8 Å². The normalized spacial score (nSPS) is 11.9. The van der Waals surface area contributed by atoms with Gasteiger partial charge in [-0.25, -0.2) is 8.42 Å². The molecule has 0 atom stereocenters. The summed E-state index contributed by atoms with van der Waals surface area (Å²) in [6.45, 7) is 5.85. The summed E-state index contributed by atoms with van der Waals surface area (Å²) in [6, 6.07) is 0. The highest BCUT2D eigenvalue weighted by Crippen LogP contribution is 2.21.